The van der Waals surface area contributed by atoms with Crippen LogP contribution >= 0.6 is 12.6 Å². The van der Waals surface area contributed by atoms with E-state index in [9.17, 15) is 0 Å². The molecular weight excluding hydrogens is 691 g/mol. The summed E-state index contributed by atoms with van der Waals surface area (Å²) in [6.45, 7) is 7.60. The highest BCUT2D eigenvalue weighted by Gasteiger charge is 2.30. The van der Waals surface area contributed by atoms with Gasteiger partial charge in [-0.05, 0) is 141 Å². The van der Waals surface area contributed by atoms with Crippen LogP contribution in [0.4, 0.5) is 5.69 Å². The number of thiol groups is 1. The van der Waals surface area contributed by atoms with Crippen LogP contribution in [0.1, 0.15) is 88.2 Å². The fraction of sp³-hybridized carbons (Fsp3) is 0.347. The van der Waals surface area contributed by atoms with Gasteiger partial charge in [0.15, 0.2) is 0 Å². The smallest absolute Gasteiger partial charge is 0.109 e. The minimum absolute atomic E-state index is 0.126. The summed E-state index contributed by atoms with van der Waals surface area (Å²) in [5.74, 6) is 1.52. The lowest BCUT2D eigenvalue weighted by molar-refractivity contribution is 0.315. The Hall–Kier alpha value is -4.65. The molecule has 1 aliphatic heterocycles. The Kier molecular flexibility index (Phi) is 14.4. The summed E-state index contributed by atoms with van der Waals surface area (Å²) >= 11 is 4.26. The third-order valence-electron chi connectivity index (χ3n) is 11.1. The van der Waals surface area contributed by atoms with Crippen molar-refractivity contribution in [2.24, 2.45) is 11.7 Å². The fourth-order valence-electron chi connectivity index (χ4n) is 8.02. The van der Waals surface area contributed by atoms with Gasteiger partial charge in [0.05, 0.1) is 12.2 Å². The largest absolute Gasteiger partial charge is 0.391 e. The first kappa shape index (κ1) is 40.0. The van der Waals surface area contributed by atoms with Gasteiger partial charge in [0.25, 0.3) is 0 Å². The van der Waals surface area contributed by atoms with Gasteiger partial charge in [0, 0.05) is 41.9 Å². The number of nitrogens with two attached hydrogens (primary N) is 1. The number of rotatable bonds is 15. The molecule has 0 amide bonds. The topological polar surface area (TPSA) is 49.5 Å². The van der Waals surface area contributed by atoms with Gasteiger partial charge in [0.1, 0.15) is 5.82 Å². The molecule has 4 aliphatic rings. The molecule has 1 aromatic carbocycles. The quantitative estimate of drug-likeness (QED) is 0.0964. The number of nitrogens with one attached hydrogen (secondary N) is 1. The predicted octanol–water partition coefficient (Wildman–Crippen LogP) is 11.3. The summed E-state index contributed by atoms with van der Waals surface area (Å²) in [4.78, 5) is 4.88. The van der Waals surface area contributed by atoms with E-state index < -0.39 is 0 Å². The Labute approximate surface area is 336 Å². The van der Waals surface area contributed by atoms with Crippen LogP contribution in [0.25, 0.3) is 17.5 Å². The van der Waals surface area contributed by atoms with Crippen molar-refractivity contribution < 1.29 is 0 Å². The number of fused-ring (bicyclic) bond motifs is 4. The summed E-state index contributed by atoms with van der Waals surface area (Å²) in [5, 5.41) is 5.17. The van der Waals surface area contributed by atoms with E-state index in [1.165, 1.54) is 50.6 Å². The molecule has 0 spiro atoms. The number of para-hydroxylation sites is 1. The molecule has 3 aliphatic carbocycles. The van der Waals surface area contributed by atoms with Crippen molar-refractivity contribution in [3.05, 3.63) is 166 Å². The van der Waals surface area contributed by atoms with E-state index in [1.54, 1.807) is 0 Å². The first-order valence-electron chi connectivity index (χ1n) is 20.5. The zero-order valence-electron chi connectivity index (χ0n) is 33.4. The van der Waals surface area contributed by atoms with E-state index in [2.05, 4.69) is 188 Å². The maximum absolute atomic E-state index is 7.03. The predicted molar refractivity (Wildman–Crippen MR) is 241 cm³/mol. The number of aromatic nitrogens is 1. The van der Waals surface area contributed by atoms with Gasteiger partial charge in [-0.1, -0.05) is 98.8 Å². The zero-order chi connectivity index (χ0) is 38.6. The molecule has 2 heterocycles. The van der Waals surface area contributed by atoms with Gasteiger partial charge in [0.2, 0.25) is 0 Å². The molecule has 55 heavy (non-hydrogen) atoms. The lowest BCUT2D eigenvalue weighted by Gasteiger charge is -2.38. The van der Waals surface area contributed by atoms with Crippen LogP contribution in [0, 0.1) is 5.92 Å². The summed E-state index contributed by atoms with van der Waals surface area (Å²) in [7, 11) is 2.18. The van der Waals surface area contributed by atoms with Crippen molar-refractivity contribution in [1.29, 1.82) is 0 Å². The molecule has 3 atom stereocenters. The highest BCUT2D eigenvalue weighted by molar-refractivity contribution is 7.83. The number of unbranched alkanes of at least 4 members (excludes halogenated alkanes) is 1. The molecule has 5 nitrogen and oxygen atoms in total. The van der Waals surface area contributed by atoms with Gasteiger partial charge in [-0.3, -0.25) is 0 Å². The van der Waals surface area contributed by atoms with Crippen molar-refractivity contribution in [1.82, 2.24) is 14.8 Å². The highest BCUT2D eigenvalue weighted by Crippen LogP contribution is 2.42. The maximum Gasteiger partial charge on any atom is 0.109 e. The van der Waals surface area contributed by atoms with Crippen molar-refractivity contribution in [2.45, 2.75) is 90.8 Å². The van der Waals surface area contributed by atoms with Crippen LogP contribution in [0.15, 0.2) is 144 Å². The average molecular weight is 752 g/mol. The molecule has 0 radical (unpaired) electrons. The summed E-state index contributed by atoms with van der Waals surface area (Å²) in [6, 6.07) is 20.2. The number of hydrogen-bond acceptors (Lipinski definition) is 5. The molecule has 3 unspecified atom stereocenters. The van der Waals surface area contributed by atoms with Crippen LogP contribution < -0.4 is 16.0 Å². The number of hydrogen-bond donors (Lipinski definition) is 3. The number of allylic oxidation sites excluding steroid dienone is 12. The van der Waals surface area contributed by atoms with Crippen LogP contribution in [0.3, 0.4) is 0 Å². The Bertz CT molecular complexity index is 2000. The minimum atomic E-state index is -0.126. The number of benzene rings is 1. The lowest BCUT2D eigenvalue weighted by atomic mass is 9.90. The number of anilines is 1. The number of nitrogens with zero attached hydrogens (tertiary/aromatic N) is 3. The molecule has 6 heteroatoms. The Morgan fingerprint density at radius 2 is 1.82 bits per heavy atom. The summed E-state index contributed by atoms with van der Waals surface area (Å²) < 4.78 is 2.53. The first-order valence-corrected chi connectivity index (χ1v) is 21.0. The van der Waals surface area contributed by atoms with Crippen molar-refractivity contribution in [3.8, 4) is 0 Å². The van der Waals surface area contributed by atoms with Crippen LogP contribution in [-0.4, -0.2) is 35.3 Å². The highest BCUT2D eigenvalue weighted by atomic mass is 32.1. The molecule has 2 bridgehead atoms. The minimum Gasteiger partial charge on any atom is -0.391 e. The lowest BCUT2D eigenvalue weighted by Crippen LogP contribution is -2.40. The monoisotopic (exact) mass is 751 g/mol. The van der Waals surface area contributed by atoms with Gasteiger partial charge in [-0.25, -0.2) is 0 Å². The van der Waals surface area contributed by atoms with Gasteiger partial charge < -0.3 is 25.4 Å². The van der Waals surface area contributed by atoms with Crippen LogP contribution in [0.5, 0.6) is 0 Å². The van der Waals surface area contributed by atoms with Gasteiger partial charge >= 0.3 is 0 Å². The van der Waals surface area contributed by atoms with E-state index in [0.29, 0.717) is 5.92 Å². The normalized spacial score (nSPS) is 18.8. The average Bonchev–Trinajstić information content (AvgIpc) is 3.34. The second-order valence-corrected chi connectivity index (χ2v) is 15.2. The van der Waals surface area contributed by atoms with E-state index in [1.807, 2.05) is 5.41 Å². The summed E-state index contributed by atoms with van der Waals surface area (Å²) in [6.07, 6.45) is 36.3. The Balaban J connectivity index is 1.44. The third-order valence-corrected chi connectivity index (χ3v) is 11.3. The second-order valence-electron chi connectivity index (χ2n) is 14.9. The van der Waals surface area contributed by atoms with Crippen molar-refractivity contribution >= 4 is 35.8 Å². The molecule has 6 rings (SSSR count). The third kappa shape index (κ3) is 9.78. The molecular formula is C49H61N5S. The first-order chi connectivity index (χ1) is 26.9. The second kappa shape index (κ2) is 19.8. The van der Waals surface area contributed by atoms with Gasteiger partial charge in [-0.15, -0.1) is 0 Å². The van der Waals surface area contributed by atoms with E-state index in [-0.39, 0.29) is 12.2 Å². The maximum atomic E-state index is 7.03. The van der Waals surface area contributed by atoms with Crippen molar-refractivity contribution in [2.75, 3.05) is 18.5 Å². The summed E-state index contributed by atoms with van der Waals surface area (Å²) in [5.41, 5.74) is 18.8. The standard InChI is InChI=1S/C49H61N5S/c1-5-42-19-11-7-10-18-41-34-38(39-26-27-40-36-44(35-39)53(43-20-12-8-13-21-43)47-23-16-15-22-45(40)47)28-29-46(41)54(42)49(30-25-37(3)31-32-51-6-2)52(4)48(50)24-14-9-17-33-55/h7-8,10-12,15-20,22-23,26-27,30-37,44,48,51,55H,5-6,9,13-14,21,24-25,28-29,50H2,1-4H3/b11-7?,18-10?,32-31-,33-17-,42-19?,49-30+. The van der Waals surface area contributed by atoms with Gasteiger partial charge in [-0.2, -0.15) is 12.6 Å². The molecule has 0 saturated heterocycles. The molecule has 3 N–H and O–H groups in total. The molecule has 0 saturated carbocycles. The zero-order valence-corrected chi connectivity index (χ0v) is 34.3. The van der Waals surface area contributed by atoms with E-state index >= 15 is 0 Å². The van der Waals surface area contributed by atoms with E-state index in [0.717, 1.165) is 70.2 Å². The SMILES string of the molecule is CCN/C=C\C(C)C/C=C(\N(C)C(N)CCC/C=C\S)n1c(CC)cccccc2c1CCC(C1=CC3C=C(C=C1)c1ccccc1N3C1=CC=CCC1)=C2. The Morgan fingerprint density at radius 3 is 2.62 bits per heavy atom. The Morgan fingerprint density at radius 1 is 1.02 bits per heavy atom. The van der Waals surface area contributed by atoms with Crippen molar-refractivity contribution in [3.63, 3.8) is 0 Å². The molecule has 288 valence electrons. The van der Waals surface area contributed by atoms with Crippen LogP contribution in [0.2, 0.25) is 0 Å². The molecule has 2 aromatic rings. The molecule has 0 fully saturated rings. The molecule has 1 aromatic heterocycles. The number of aryl methyl sites for hydroxylation is 1. The van der Waals surface area contributed by atoms with Crippen LogP contribution in [-0.2, 0) is 12.8 Å². The van der Waals surface area contributed by atoms with E-state index in [4.69, 9.17) is 5.73 Å². The fourth-order valence-corrected chi connectivity index (χ4v) is 8.17.